The minimum atomic E-state index is -1.53. The van der Waals surface area contributed by atoms with E-state index in [1.54, 1.807) is 0 Å². The van der Waals surface area contributed by atoms with Crippen molar-refractivity contribution in [2.75, 3.05) is 9.80 Å². The summed E-state index contributed by atoms with van der Waals surface area (Å²) in [6.45, 7) is 25.3. The molecule has 0 atom stereocenters. The smallest absolute Gasteiger partial charge is 0.109 e. The van der Waals surface area contributed by atoms with E-state index in [1.165, 1.54) is 44.0 Å². The van der Waals surface area contributed by atoms with Crippen LogP contribution in [0.25, 0.3) is 5.32 Å². The van der Waals surface area contributed by atoms with Gasteiger partial charge in [0.25, 0.3) is 0 Å². The summed E-state index contributed by atoms with van der Waals surface area (Å²) in [6.07, 6.45) is 4.43. The molecule has 5 heteroatoms. The van der Waals surface area contributed by atoms with Gasteiger partial charge in [-0.15, -0.1) is 18.0 Å². The molecule has 0 saturated heterocycles. The van der Waals surface area contributed by atoms with E-state index in [9.17, 15) is 0 Å². The molecule has 0 amide bonds. The van der Waals surface area contributed by atoms with Gasteiger partial charge in [0.15, 0.2) is 0 Å². The summed E-state index contributed by atoms with van der Waals surface area (Å²) >= 11 is 0. The number of anilines is 2. The molecule has 0 unspecified atom stereocenters. The summed E-state index contributed by atoms with van der Waals surface area (Å²) in [6, 6.07) is 30.6. The van der Waals surface area contributed by atoms with Crippen molar-refractivity contribution in [3.8, 4) is 0 Å². The van der Waals surface area contributed by atoms with Crippen LogP contribution in [-0.2, 0) is 22.4 Å². The van der Waals surface area contributed by atoms with Crippen LogP contribution in [0.1, 0.15) is 101 Å². The molecule has 2 aliphatic rings. The van der Waals surface area contributed by atoms with Gasteiger partial charge >= 0.3 is 0 Å². The largest absolute Gasteiger partial charge is 0.658 e. The van der Waals surface area contributed by atoms with Gasteiger partial charge in [0.1, 0.15) is 8.07 Å². The van der Waals surface area contributed by atoms with E-state index < -0.39 is 8.07 Å². The summed E-state index contributed by atoms with van der Waals surface area (Å²) in [5.74, 6) is 1.92. The maximum Gasteiger partial charge on any atom is 0.109 e. The molecule has 0 aromatic heterocycles. The van der Waals surface area contributed by atoms with E-state index in [0.717, 1.165) is 11.4 Å². The van der Waals surface area contributed by atoms with Gasteiger partial charge in [-0.3, -0.25) is 0 Å². The average Bonchev–Trinajstić information content (AvgIpc) is 3.50. The molecule has 0 aliphatic carbocycles. The Balaban J connectivity index is 0.000000238. The van der Waals surface area contributed by atoms with E-state index >= 15 is 0 Å². The molecular weight excluding hydrogens is 760 g/mol. The Morgan fingerprint density at radius 1 is 0.500 bits per heavy atom. The summed E-state index contributed by atoms with van der Waals surface area (Å²) < 4.78 is 0. The molecule has 3 nitrogen and oxygen atoms in total. The fraction of sp³-hybridized carbons (Fsp3) is 0.341. The van der Waals surface area contributed by atoms with Crippen LogP contribution >= 0.6 is 0 Å². The SMILES string of the molecule is CC(C)c1cccc(C(C)C)c1N1C=CN(c2c(C(C)C)cccc2C(C)C)[CH-]1.C[Si]1(C)c2ccccc2[N-]c2ccccc21.[Au]. The maximum absolute atomic E-state index is 4.74. The Morgan fingerprint density at radius 3 is 1.15 bits per heavy atom. The number of hydrogen-bond acceptors (Lipinski definition) is 2. The second-order valence-corrected chi connectivity index (χ2v) is 18.5. The Morgan fingerprint density at radius 2 is 0.826 bits per heavy atom. The van der Waals surface area contributed by atoms with Crippen molar-refractivity contribution in [1.82, 2.24) is 0 Å². The quantitative estimate of drug-likeness (QED) is 0.143. The van der Waals surface area contributed by atoms with Crippen molar-refractivity contribution in [2.24, 2.45) is 0 Å². The van der Waals surface area contributed by atoms with Crippen molar-refractivity contribution >= 4 is 41.2 Å². The predicted molar refractivity (Wildman–Crippen MR) is 200 cm³/mol. The molecule has 6 rings (SSSR count). The third kappa shape index (κ3) is 7.11. The van der Waals surface area contributed by atoms with Crippen LogP contribution in [0.2, 0.25) is 13.1 Å². The molecule has 4 aromatic carbocycles. The summed E-state index contributed by atoms with van der Waals surface area (Å²) in [7, 11) is -1.53. The Bertz CT molecular complexity index is 1500. The van der Waals surface area contributed by atoms with Crippen molar-refractivity contribution in [3.05, 3.63) is 132 Å². The standard InChI is InChI=1S/C27H37N2.C14H14NSi.Au/c1-18(2)22-11-9-12-23(19(3)4)26(22)28-15-16-29(17-28)27-24(20(5)6)13-10-14-25(27)21(7)8;1-16(2)13-9-5-3-7-11(13)15-12-8-4-6-10-14(12)16;/h9-21H,1-8H3;3-10H,1-2H3;/q2*-1;. The Kier molecular flexibility index (Phi) is 11.5. The maximum atomic E-state index is 4.74. The van der Waals surface area contributed by atoms with Crippen LogP contribution in [0.15, 0.2) is 97.3 Å². The molecule has 4 aromatic rings. The molecule has 247 valence electrons. The van der Waals surface area contributed by atoms with E-state index in [1.807, 2.05) is 0 Å². The zero-order chi connectivity index (χ0) is 32.5. The third-order valence-electron chi connectivity index (χ3n) is 9.23. The number of fused-ring (bicyclic) bond motifs is 2. The molecule has 0 saturated carbocycles. The first kappa shape index (κ1) is 35.8. The van der Waals surface area contributed by atoms with Crippen LogP contribution in [-0.4, -0.2) is 8.07 Å². The van der Waals surface area contributed by atoms with Gasteiger partial charge in [0.05, 0.1) is 0 Å². The Labute approximate surface area is 295 Å². The third-order valence-corrected chi connectivity index (χ3v) is 12.8. The molecular formula is C41H51AuN3Si-2. The Hall–Kier alpha value is -3.02. The molecule has 1 radical (unpaired) electrons. The molecule has 2 heterocycles. The predicted octanol–water partition coefficient (Wildman–Crippen LogP) is 11.3. The van der Waals surface area contributed by atoms with E-state index in [4.69, 9.17) is 5.32 Å². The fourth-order valence-electron chi connectivity index (χ4n) is 6.71. The van der Waals surface area contributed by atoms with Crippen molar-refractivity contribution < 1.29 is 22.4 Å². The summed E-state index contributed by atoms with van der Waals surface area (Å²) in [4.78, 5) is 4.65. The van der Waals surface area contributed by atoms with Crippen LogP contribution < -0.4 is 20.2 Å². The minimum Gasteiger partial charge on any atom is -0.658 e. The molecule has 0 fully saturated rings. The molecule has 0 N–H and O–H groups in total. The molecule has 46 heavy (non-hydrogen) atoms. The van der Waals surface area contributed by atoms with Gasteiger partial charge in [-0.25, -0.2) is 0 Å². The van der Waals surface area contributed by atoms with Crippen LogP contribution in [0.5, 0.6) is 0 Å². The summed E-state index contributed by atoms with van der Waals surface area (Å²) in [5, 5.41) is 7.64. The van der Waals surface area contributed by atoms with E-state index in [-0.39, 0.29) is 22.4 Å². The minimum absolute atomic E-state index is 0. The second kappa shape index (κ2) is 14.8. The first-order valence-electron chi connectivity index (χ1n) is 16.7. The van der Waals surface area contributed by atoms with Crippen LogP contribution in [0.4, 0.5) is 22.7 Å². The van der Waals surface area contributed by atoms with Gasteiger partial charge in [-0.1, -0.05) is 164 Å². The van der Waals surface area contributed by atoms with Crippen LogP contribution in [0.3, 0.4) is 0 Å². The number of hydrogen-bond donors (Lipinski definition) is 0. The fourth-order valence-corrected chi connectivity index (χ4v) is 9.59. The van der Waals surface area contributed by atoms with Gasteiger partial charge in [-0.2, -0.15) is 0 Å². The van der Waals surface area contributed by atoms with Crippen molar-refractivity contribution in [3.63, 3.8) is 0 Å². The molecule has 0 spiro atoms. The van der Waals surface area contributed by atoms with Crippen molar-refractivity contribution in [1.29, 1.82) is 0 Å². The normalized spacial score (nSPS) is 14.6. The molecule has 2 aliphatic heterocycles. The monoisotopic (exact) mass is 810 g/mol. The molecule has 0 bridgehead atoms. The van der Waals surface area contributed by atoms with Crippen LogP contribution in [0, 0.1) is 6.67 Å². The van der Waals surface area contributed by atoms with Crippen molar-refractivity contribution in [2.45, 2.75) is 92.2 Å². The number of nitrogens with zero attached hydrogens (tertiary/aromatic N) is 3. The van der Waals surface area contributed by atoms with E-state index in [0.29, 0.717) is 23.7 Å². The summed E-state index contributed by atoms with van der Waals surface area (Å²) in [5.41, 5.74) is 10.6. The first-order chi connectivity index (χ1) is 21.4. The number of benzene rings is 4. The zero-order valence-corrected chi connectivity index (χ0v) is 32.4. The van der Waals surface area contributed by atoms with Gasteiger partial charge < -0.3 is 15.1 Å². The van der Waals surface area contributed by atoms with Gasteiger partial charge in [0.2, 0.25) is 0 Å². The number of para-hydroxylation sites is 4. The average molecular weight is 811 g/mol. The van der Waals surface area contributed by atoms with Gasteiger partial charge in [0, 0.05) is 33.8 Å². The van der Waals surface area contributed by atoms with Gasteiger partial charge in [-0.05, 0) is 58.3 Å². The number of rotatable bonds is 6. The second-order valence-electron chi connectivity index (χ2n) is 14.2. The zero-order valence-electron chi connectivity index (χ0n) is 29.3. The first-order valence-corrected chi connectivity index (χ1v) is 19.7. The van der Waals surface area contributed by atoms with E-state index in [2.05, 4.69) is 182 Å². The topological polar surface area (TPSA) is 20.6 Å².